The lowest BCUT2D eigenvalue weighted by molar-refractivity contribution is 0.0107. The molecule has 0 aromatic heterocycles. The van der Waals surface area contributed by atoms with Gasteiger partial charge in [0.1, 0.15) is 0 Å². The highest BCUT2D eigenvalue weighted by atomic mass is 32.2. The largest absolute Gasteiger partial charge is 0.373 e. The van der Waals surface area contributed by atoms with Crippen LogP contribution in [0.25, 0.3) is 0 Å². The Labute approximate surface area is 156 Å². The summed E-state index contributed by atoms with van der Waals surface area (Å²) in [7, 11) is -3.68. The molecular weight excluding hydrogens is 348 g/mol. The maximum atomic E-state index is 12.3. The first-order valence-electron chi connectivity index (χ1n) is 9.16. The molecular formula is C21H26O4S. The van der Waals surface area contributed by atoms with Crippen molar-refractivity contribution in [3.8, 4) is 0 Å². The molecule has 1 aliphatic carbocycles. The number of benzene rings is 2. The fourth-order valence-electron chi connectivity index (χ4n) is 3.41. The molecule has 2 atom stereocenters. The smallest absolute Gasteiger partial charge is 0.296 e. The number of rotatable bonds is 8. The SMILES string of the molecule is Cc1ccc(S(=O)(=O)OCC[C@H]2CCC[C@@H]2OCc2ccccc2)cc1. The van der Waals surface area contributed by atoms with Crippen LogP contribution in [0.15, 0.2) is 59.5 Å². The number of hydrogen-bond acceptors (Lipinski definition) is 4. The lowest BCUT2D eigenvalue weighted by atomic mass is 10.0. The third kappa shape index (κ3) is 5.16. The minimum Gasteiger partial charge on any atom is -0.373 e. The zero-order valence-electron chi connectivity index (χ0n) is 15.1. The average Bonchev–Trinajstić information content (AvgIpc) is 3.08. The van der Waals surface area contributed by atoms with E-state index < -0.39 is 10.1 Å². The molecule has 140 valence electrons. The summed E-state index contributed by atoms with van der Waals surface area (Å²) in [5.74, 6) is 0.354. The highest BCUT2D eigenvalue weighted by Gasteiger charge is 2.28. The fourth-order valence-corrected chi connectivity index (χ4v) is 4.33. The first kappa shape index (κ1) is 19.1. The first-order valence-corrected chi connectivity index (χ1v) is 10.6. The van der Waals surface area contributed by atoms with Gasteiger partial charge in [-0.25, -0.2) is 0 Å². The van der Waals surface area contributed by atoms with Gasteiger partial charge in [-0.15, -0.1) is 0 Å². The summed E-state index contributed by atoms with van der Waals surface area (Å²) in [6.45, 7) is 2.73. The van der Waals surface area contributed by atoms with Crippen LogP contribution in [0, 0.1) is 12.8 Å². The summed E-state index contributed by atoms with van der Waals surface area (Å²) in [4.78, 5) is 0.214. The molecule has 0 spiro atoms. The lowest BCUT2D eigenvalue weighted by Gasteiger charge is -2.20. The molecule has 3 rings (SSSR count). The van der Waals surface area contributed by atoms with E-state index in [4.69, 9.17) is 8.92 Å². The van der Waals surface area contributed by atoms with Gasteiger partial charge in [0.05, 0.1) is 24.2 Å². The molecule has 5 heteroatoms. The third-order valence-electron chi connectivity index (χ3n) is 4.93. The van der Waals surface area contributed by atoms with Gasteiger partial charge in [-0.05, 0) is 49.8 Å². The molecule has 1 saturated carbocycles. The van der Waals surface area contributed by atoms with Crippen LogP contribution in [0.1, 0.15) is 36.8 Å². The van der Waals surface area contributed by atoms with Gasteiger partial charge < -0.3 is 4.74 Å². The van der Waals surface area contributed by atoms with Gasteiger partial charge in [0.2, 0.25) is 0 Å². The molecule has 1 fully saturated rings. The van der Waals surface area contributed by atoms with Gasteiger partial charge in [-0.1, -0.05) is 54.4 Å². The Morgan fingerprint density at radius 1 is 1.00 bits per heavy atom. The third-order valence-corrected chi connectivity index (χ3v) is 6.26. The maximum Gasteiger partial charge on any atom is 0.296 e. The van der Waals surface area contributed by atoms with Crippen molar-refractivity contribution in [2.45, 2.75) is 50.2 Å². The van der Waals surface area contributed by atoms with E-state index in [0.717, 1.165) is 30.4 Å². The van der Waals surface area contributed by atoms with Gasteiger partial charge in [0, 0.05) is 0 Å². The molecule has 0 heterocycles. The van der Waals surface area contributed by atoms with Crippen LogP contribution in [0.5, 0.6) is 0 Å². The molecule has 4 nitrogen and oxygen atoms in total. The number of ether oxygens (including phenoxy) is 1. The second kappa shape index (κ2) is 8.80. The van der Waals surface area contributed by atoms with Crippen LogP contribution >= 0.6 is 0 Å². The van der Waals surface area contributed by atoms with Crippen LogP contribution < -0.4 is 0 Å². The quantitative estimate of drug-likeness (QED) is 0.640. The van der Waals surface area contributed by atoms with E-state index in [9.17, 15) is 8.42 Å². The van der Waals surface area contributed by atoms with Crippen LogP contribution in [-0.2, 0) is 25.6 Å². The first-order chi connectivity index (χ1) is 12.5. The van der Waals surface area contributed by atoms with Crippen molar-refractivity contribution < 1.29 is 17.3 Å². The van der Waals surface area contributed by atoms with Crippen LogP contribution in [0.3, 0.4) is 0 Å². The minimum atomic E-state index is -3.68. The van der Waals surface area contributed by atoms with Crippen molar-refractivity contribution in [3.05, 3.63) is 65.7 Å². The lowest BCUT2D eigenvalue weighted by Crippen LogP contribution is -2.20. The van der Waals surface area contributed by atoms with E-state index in [0.29, 0.717) is 18.9 Å². The van der Waals surface area contributed by atoms with Crippen molar-refractivity contribution in [1.82, 2.24) is 0 Å². The van der Waals surface area contributed by atoms with Crippen molar-refractivity contribution in [2.75, 3.05) is 6.61 Å². The van der Waals surface area contributed by atoms with Crippen LogP contribution in [-0.4, -0.2) is 21.1 Å². The molecule has 0 saturated heterocycles. The van der Waals surface area contributed by atoms with Gasteiger partial charge in [0.25, 0.3) is 10.1 Å². The topological polar surface area (TPSA) is 52.6 Å². The van der Waals surface area contributed by atoms with E-state index in [-0.39, 0.29) is 17.6 Å². The van der Waals surface area contributed by atoms with E-state index in [1.165, 1.54) is 0 Å². The standard InChI is InChI=1S/C21H26O4S/c1-17-10-12-20(13-11-17)26(22,23)25-15-14-19-8-5-9-21(19)24-16-18-6-3-2-4-7-18/h2-4,6-7,10-13,19,21H,5,8-9,14-16H2,1H3/t19-,21+/m1/s1. The summed E-state index contributed by atoms with van der Waals surface area (Å²) in [5.41, 5.74) is 2.18. The Kier molecular flexibility index (Phi) is 6.46. The van der Waals surface area contributed by atoms with Crippen molar-refractivity contribution in [3.63, 3.8) is 0 Å². The molecule has 0 bridgehead atoms. The van der Waals surface area contributed by atoms with Gasteiger partial charge in [-0.2, -0.15) is 8.42 Å². The zero-order chi connectivity index (χ0) is 18.4. The Morgan fingerprint density at radius 3 is 2.46 bits per heavy atom. The van der Waals surface area contributed by atoms with Crippen molar-refractivity contribution in [1.29, 1.82) is 0 Å². The van der Waals surface area contributed by atoms with Crippen molar-refractivity contribution in [2.24, 2.45) is 5.92 Å². The second-order valence-corrected chi connectivity index (χ2v) is 8.52. The molecule has 2 aromatic rings. The number of hydrogen-bond donors (Lipinski definition) is 0. The van der Waals surface area contributed by atoms with Gasteiger partial charge >= 0.3 is 0 Å². The molecule has 1 aliphatic rings. The van der Waals surface area contributed by atoms with Crippen molar-refractivity contribution >= 4 is 10.1 Å². The summed E-state index contributed by atoms with van der Waals surface area (Å²) in [6.07, 6.45) is 4.09. The molecule has 0 N–H and O–H groups in total. The minimum absolute atomic E-state index is 0.181. The van der Waals surface area contributed by atoms with E-state index in [1.54, 1.807) is 24.3 Å². The molecule has 2 aromatic carbocycles. The molecule has 0 amide bonds. The summed E-state index contributed by atoms with van der Waals surface area (Å²) in [6, 6.07) is 16.9. The van der Waals surface area contributed by atoms with E-state index in [1.807, 2.05) is 25.1 Å². The van der Waals surface area contributed by atoms with Crippen LogP contribution in [0.4, 0.5) is 0 Å². The van der Waals surface area contributed by atoms with Crippen LogP contribution in [0.2, 0.25) is 0 Å². The monoisotopic (exact) mass is 374 g/mol. The predicted molar refractivity (Wildman–Crippen MR) is 101 cm³/mol. The van der Waals surface area contributed by atoms with Gasteiger partial charge in [0.15, 0.2) is 0 Å². The summed E-state index contributed by atoms with van der Waals surface area (Å²) in [5, 5.41) is 0. The van der Waals surface area contributed by atoms with E-state index in [2.05, 4.69) is 12.1 Å². The Balaban J connectivity index is 1.48. The maximum absolute atomic E-state index is 12.3. The highest BCUT2D eigenvalue weighted by molar-refractivity contribution is 7.86. The predicted octanol–water partition coefficient (Wildman–Crippen LogP) is 4.48. The molecule has 0 aliphatic heterocycles. The fraction of sp³-hybridized carbons (Fsp3) is 0.429. The van der Waals surface area contributed by atoms with Gasteiger partial charge in [-0.3, -0.25) is 4.18 Å². The summed E-state index contributed by atoms with van der Waals surface area (Å²) < 4.78 is 35.8. The average molecular weight is 375 g/mol. The molecule has 0 radical (unpaired) electrons. The normalized spacial score (nSPS) is 20.3. The summed E-state index contributed by atoms with van der Waals surface area (Å²) >= 11 is 0. The molecule has 26 heavy (non-hydrogen) atoms. The zero-order valence-corrected chi connectivity index (χ0v) is 16.0. The Bertz CT molecular complexity index is 785. The highest BCUT2D eigenvalue weighted by Crippen LogP contribution is 2.31. The Morgan fingerprint density at radius 2 is 1.73 bits per heavy atom. The number of aryl methyl sites for hydroxylation is 1. The van der Waals surface area contributed by atoms with E-state index >= 15 is 0 Å². The molecule has 0 unspecified atom stereocenters. The Hall–Kier alpha value is -1.69. The second-order valence-electron chi connectivity index (χ2n) is 6.90.